The maximum Gasteiger partial charge on any atom is 0.319 e. The van der Waals surface area contributed by atoms with Gasteiger partial charge in [0, 0.05) is 17.0 Å². The van der Waals surface area contributed by atoms with E-state index in [2.05, 4.69) is 10.2 Å². The molecule has 3 aromatic rings. The van der Waals surface area contributed by atoms with Crippen molar-refractivity contribution in [2.24, 2.45) is 0 Å². The third kappa shape index (κ3) is 3.98. The van der Waals surface area contributed by atoms with Gasteiger partial charge in [-0.05, 0) is 23.8 Å². The molecule has 0 bridgehead atoms. The summed E-state index contributed by atoms with van der Waals surface area (Å²) in [7, 11) is 0. The molecule has 2 aromatic carbocycles. The number of benzene rings is 2. The van der Waals surface area contributed by atoms with E-state index >= 15 is 0 Å². The Morgan fingerprint density at radius 2 is 1.96 bits per heavy atom. The summed E-state index contributed by atoms with van der Waals surface area (Å²) in [5.41, 5.74) is 1.84. The summed E-state index contributed by atoms with van der Waals surface area (Å²) in [5, 5.41) is 10.1. The van der Waals surface area contributed by atoms with E-state index in [4.69, 9.17) is 27.9 Å². The molecule has 0 radical (unpaired) electrons. The number of rotatable bonds is 5. The summed E-state index contributed by atoms with van der Waals surface area (Å²) in [5.74, 6) is 0.426. The summed E-state index contributed by atoms with van der Waals surface area (Å²) < 4.78 is 7.04. The van der Waals surface area contributed by atoms with Crippen molar-refractivity contribution >= 4 is 40.9 Å². The second-order valence-corrected chi connectivity index (χ2v) is 8.08. The normalized spacial score (nSPS) is 16.5. The number of hydrogen-bond donors (Lipinski definition) is 0. The lowest BCUT2D eigenvalue weighted by Crippen LogP contribution is -2.12. The van der Waals surface area contributed by atoms with Crippen molar-refractivity contribution in [2.75, 3.05) is 6.61 Å². The van der Waals surface area contributed by atoms with Crippen LogP contribution in [0.25, 0.3) is 11.4 Å². The molecular formula is C19H15Cl2N3O2S. The van der Waals surface area contributed by atoms with Crippen LogP contribution >= 0.6 is 35.0 Å². The van der Waals surface area contributed by atoms with Crippen LogP contribution in [0.1, 0.15) is 12.0 Å². The van der Waals surface area contributed by atoms with Crippen LogP contribution in [-0.4, -0.2) is 32.6 Å². The van der Waals surface area contributed by atoms with Gasteiger partial charge in [0.25, 0.3) is 0 Å². The van der Waals surface area contributed by atoms with Gasteiger partial charge >= 0.3 is 5.97 Å². The summed E-state index contributed by atoms with van der Waals surface area (Å²) in [4.78, 5) is 11.9. The highest BCUT2D eigenvalue weighted by molar-refractivity contribution is 8.00. The first kappa shape index (κ1) is 18.3. The molecule has 1 unspecified atom stereocenters. The lowest BCUT2D eigenvalue weighted by atomic mass is 10.2. The van der Waals surface area contributed by atoms with Crippen LogP contribution in [0.15, 0.2) is 53.7 Å². The molecule has 1 saturated heterocycles. The zero-order valence-corrected chi connectivity index (χ0v) is 16.5. The molecule has 0 aliphatic carbocycles. The van der Waals surface area contributed by atoms with Crippen molar-refractivity contribution in [3.8, 4) is 11.4 Å². The molecule has 2 heterocycles. The fourth-order valence-corrected chi connectivity index (χ4v) is 4.36. The minimum absolute atomic E-state index is 0.208. The van der Waals surface area contributed by atoms with Crippen molar-refractivity contribution < 1.29 is 9.53 Å². The topological polar surface area (TPSA) is 57.0 Å². The van der Waals surface area contributed by atoms with Crippen LogP contribution in [0, 0.1) is 0 Å². The summed E-state index contributed by atoms with van der Waals surface area (Å²) in [6.45, 7) is 1.01. The number of ether oxygens (including phenoxy) is 1. The van der Waals surface area contributed by atoms with E-state index in [0.29, 0.717) is 40.6 Å². The number of esters is 1. The molecule has 138 valence electrons. The van der Waals surface area contributed by atoms with Gasteiger partial charge in [-0.15, -0.1) is 10.2 Å². The van der Waals surface area contributed by atoms with Crippen molar-refractivity contribution in [2.45, 2.75) is 23.4 Å². The van der Waals surface area contributed by atoms with E-state index in [1.807, 2.05) is 41.0 Å². The minimum atomic E-state index is -0.266. The number of thioether (sulfide) groups is 1. The highest BCUT2D eigenvalue weighted by atomic mass is 35.5. The first-order chi connectivity index (χ1) is 13.1. The first-order valence-electron chi connectivity index (χ1n) is 8.37. The molecule has 0 amide bonds. The van der Waals surface area contributed by atoms with Crippen LogP contribution in [0.5, 0.6) is 0 Å². The molecule has 4 rings (SSSR count). The molecule has 1 aliphatic heterocycles. The predicted octanol–water partition coefficient (Wildman–Crippen LogP) is 4.71. The zero-order valence-electron chi connectivity index (χ0n) is 14.1. The van der Waals surface area contributed by atoms with Gasteiger partial charge in [-0.3, -0.25) is 9.36 Å². The Morgan fingerprint density at radius 3 is 2.67 bits per heavy atom. The molecule has 27 heavy (non-hydrogen) atoms. The summed E-state index contributed by atoms with van der Waals surface area (Å²) in [6, 6.07) is 15.3. The molecule has 1 aromatic heterocycles. The Bertz CT molecular complexity index is 978. The van der Waals surface area contributed by atoms with Crippen LogP contribution in [0.3, 0.4) is 0 Å². The Labute approximate surface area is 170 Å². The average molecular weight is 420 g/mol. The third-order valence-electron chi connectivity index (χ3n) is 4.21. The number of nitrogens with zero attached hydrogens (tertiary/aromatic N) is 3. The van der Waals surface area contributed by atoms with Crippen molar-refractivity contribution in [1.29, 1.82) is 0 Å². The van der Waals surface area contributed by atoms with E-state index in [9.17, 15) is 4.79 Å². The van der Waals surface area contributed by atoms with Crippen LogP contribution < -0.4 is 0 Å². The lowest BCUT2D eigenvalue weighted by Gasteiger charge is -2.12. The Balaban J connectivity index is 1.75. The SMILES string of the molecule is O=C1OCCC1Sc1nnc(-c2ccc(Cl)cc2Cl)n1Cc1ccccc1. The van der Waals surface area contributed by atoms with Gasteiger partial charge in [-0.25, -0.2) is 0 Å². The van der Waals surface area contributed by atoms with Crippen molar-refractivity contribution in [1.82, 2.24) is 14.8 Å². The number of carbonyl (C=O) groups excluding carboxylic acids is 1. The molecule has 1 aliphatic rings. The average Bonchev–Trinajstić information content (AvgIpc) is 3.23. The van der Waals surface area contributed by atoms with E-state index in [-0.39, 0.29) is 11.2 Å². The summed E-state index contributed by atoms with van der Waals surface area (Å²) >= 11 is 13.8. The van der Waals surface area contributed by atoms with E-state index in [1.165, 1.54) is 11.8 Å². The van der Waals surface area contributed by atoms with E-state index in [0.717, 1.165) is 11.1 Å². The highest BCUT2D eigenvalue weighted by Gasteiger charge is 2.30. The van der Waals surface area contributed by atoms with Crippen LogP contribution in [0.2, 0.25) is 10.0 Å². The van der Waals surface area contributed by atoms with Gasteiger partial charge in [-0.2, -0.15) is 0 Å². The number of carbonyl (C=O) groups is 1. The molecule has 0 N–H and O–H groups in total. The smallest absolute Gasteiger partial charge is 0.319 e. The van der Waals surface area contributed by atoms with Crippen molar-refractivity contribution in [3.63, 3.8) is 0 Å². The predicted molar refractivity (Wildman–Crippen MR) is 106 cm³/mol. The molecule has 1 fully saturated rings. The Kier molecular flexibility index (Phi) is 5.38. The monoisotopic (exact) mass is 419 g/mol. The Morgan fingerprint density at radius 1 is 1.15 bits per heavy atom. The Hall–Kier alpha value is -2.02. The number of halogens is 2. The number of aromatic nitrogens is 3. The number of hydrogen-bond acceptors (Lipinski definition) is 5. The molecule has 5 nitrogen and oxygen atoms in total. The highest BCUT2D eigenvalue weighted by Crippen LogP contribution is 2.34. The van der Waals surface area contributed by atoms with Crippen LogP contribution in [-0.2, 0) is 16.1 Å². The van der Waals surface area contributed by atoms with Gasteiger partial charge in [0.2, 0.25) is 0 Å². The lowest BCUT2D eigenvalue weighted by molar-refractivity contribution is -0.137. The standard InChI is InChI=1S/C19H15Cl2N3O2S/c20-13-6-7-14(15(21)10-13)17-22-23-19(27-16-8-9-26-18(16)25)24(17)11-12-4-2-1-3-5-12/h1-7,10,16H,8-9,11H2. The molecular weight excluding hydrogens is 405 g/mol. The fraction of sp³-hybridized carbons (Fsp3) is 0.211. The second-order valence-electron chi connectivity index (χ2n) is 6.06. The maximum atomic E-state index is 11.9. The van der Waals surface area contributed by atoms with E-state index in [1.54, 1.807) is 12.1 Å². The van der Waals surface area contributed by atoms with Gasteiger partial charge in [0.1, 0.15) is 5.25 Å². The third-order valence-corrected chi connectivity index (χ3v) is 5.98. The molecule has 1 atom stereocenters. The number of cyclic esters (lactones) is 1. The second kappa shape index (κ2) is 7.92. The van der Waals surface area contributed by atoms with E-state index < -0.39 is 0 Å². The molecule has 0 spiro atoms. The fourth-order valence-electron chi connectivity index (χ4n) is 2.87. The maximum absolute atomic E-state index is 11.9. The quantitative estimate of drug-likeness (QED) is 0.560. The van der Waals surface area contributed by atoms with Gasteiger partial charge in [0.05, 0.1) is 18.2 Å². The zero-order chi connectivity index (χ0) is 18.8. The first-order valence-corrected chi connectivity index (χ1v) is 10.0. The minimum Gasteiger partial charge on any atom is -0.465 e. The molecule has 8 heteroatoms. The van der Waals surface area contributed by atoms with Gasteiger partial charge in [-0.1, -0.05) is 65.3 Å². The molecule has 0 saturated carbocycles. The largest absolute Gasteiger partial charge is 0.465 e. The van der Waals surface area contributed by atoms with Crippen molar-refractivity contribution in [3.05, 3.63) is 64.1 Å². The van der Waals surface area contributed by atoms with Crippen LogP contribution in [0.4, 0.5) is 0 Å². The van der Waals surface area contributed by atoms with Gasteiger partial charge < -0.3 is 4.74 Å². The van der Waals surface area contributed by atoms with Gasteiger partial charge in [0.15, 0.2) is 11.0 Å². The summed E-state index contributed by atoms with van der Waals surface area (Å²) in [6.07, 6.45) is 0.665.